The highest BCUT2D eigenvalue weighted by Gasteiger charge is 2.13. The highest BCUT2D eigenvalue weighted by atomic mass is 79.9. The first-order valence-electron chi connectivity index (χ1n) is 3.68. The van der Waals surface area contributed by atoms with Gasteiger partial charge in [0.25, 0.3) is 0 Å². The number of halogens is 1. The van der Waals surface area contributed by atoms with Gasteiger partial charge >= 0.3 is 5.97 Å². The molecule has 14 heavy (non-hydrogen) atoms. The van der Waals surface area contributed by atoms with Crippen molar-refractivity contribution in [2.24, 2.45) is 0 Å². The number of rotatable bonds is 2. The van der Waals surface area contributed by atoms with Gasteiger partial charge in [-0.15, -0.1) is 0 Å². The Hall–Kier alpha value is -1.54. The first-order chi connectivity index (χ1) is 6.56. The van der Waals surface area contributed by atoms with Crippen LogP contribution in [0.1, 0.15) is 11.1 Å². The molecule has 0 atom stereocenters. The van der Waals surface area contributed by atoms with Gasteiger partial charge in [0.15, 0.2) is 0 Å². The maximum Gasteiger partial charge on any atom is 0.308 e. The Morgan fingerprint density at radius 3 is 2.71 bits per heavy atom. The fourth-order valence-corrected chi connectivity index (χ4v) is 1.48. The smallest absolute Gasteiger partial charge is 0.308 e. The Morgan fingerprint density at radius 2 is 2.21 bits per heavy atom. The number of nitrogens with zero attached hydrogens (tertiary/aromatic N) is 1. The van der Waals surface area contributed by atoms with Gasteiger partial charge < -0.3 is 10.2 Å². The number of carboxylic acid groups (broad SMARTS) is 1. The molecule has 0 spiro atoms. The maximum absolute atomic E-state index is 10.5. The minimum Gasteiger partial charge on any atom is -0.506 e. The van der Waals surface area contributed by atoms with Crippen molar-refractivity contribution in [3.8, 4) is 11.8 Å². The molecule has 0 aliphatic rings. The number of benzene rings is 1. The van der Waals surface area contributed by atoms with Gasteiger partial charge in [-0.05, 0) is 12.1 Å². The van der Waals surface area contributed by atoms with E-state index in [9.17, 15) is 9.90 Å². The Morgan fingerprint density at radius 1 is 1.57 bits per heavy atom. The van der Waals surface area contributed by atoms with Gasteiger partial charge in [0.05, 0.1) is 12.0 Å². The third-order valence-electron chi connectivity index (χ3n) is 1.67. The Labute approximate surface area is 88.5 Å². The number of nitriles is 1. The number of carboxylic acids is 1. The van der Waals surface area contributed by atoms with Crippen LogP contribution >= 0.6 is 15.9 Å². The summed E-state index contributed by atoms with van der Waals surface area (Å²) < 4.78 is 0.483. The molecule has 0 saturated heterocycles. The largest absolute Gasteiger partial charge is 0.506 e. The van der Waals surface area contributed by atoms with Crippen LogP contribution in [-0.4, -0.2) is 16.2 Å². The fourth-order valence-electron chi connectivity index (χ4n) is 1.02. The molecule has 2 N–H and O–H groups in total. The van der Waals surface area contributed by atoms with Crippen molar-refractivity contribution in [3.05, 3.63) is 27.7 Å². The lowest BCUT2D eigenvalue weighted by Gasteiger charge is -2.05. The molecule has 0 radical (unpaired) electrons. The molecule has 4 nitrogen and oxygen atoms in total. The van der Waals surface area contributed by atoms with Crippen LogP contribution in [0.25, 0.3) is 0 Å². The lowest BCUT2D eigenvalue weighted by Crippen LogP contribution is -2.01. The first kappa shape index (κ1) is 10.5. The van der Waals surface area contributed by atoms with Crippen LogP contribution in [0, 0.1) is 11.3 Å². The Balaban J connectivity index is 3.27. The molecule has 0 fully saturated rings. The number of phenols is 1. The van der Waals surface area contributed by atoms with Gasteiger partial charge in [0.1, 0.15) is 11.8 Å². The van der Waals surface area contributed by atoms with E-state index in [1.165, 1.54) is 12.1 Å². The molecule has 1 aromatic carbocycles. The monoisotopic (exact) mass is 255 g/mol. The van der Waals surface area contributed by atoms with Crippen LogP contribution in [0.4, 0.5) is 0 Å². The fraction of sp³-hybridized carbons (Fsp3) is 0.111. The van der Waals surface area contributed by atoms with E-state index in [1.807, 2.05) is 0 Å². The standard InChI is InChI=1S/C9H6BrNO3/c10-7-2-1-5(4-11)9(14)6(7)3-8(12)13/h1-2,14H,3H2,(H,12,13). The molecule has 5 heteroatoms. The summed E-state index contributed by atoms with van der Waals surface area (Å²) in [5.41, 5.74) is 0.293. The van der Waals surface area contributed by atoms with E-state index >= 15 is 0 Å². The summed E-state index contributed by atoms with van der Waals surface area (Å²) in [6.45, 7) is 0. The predicted molar refractivity (Wildman–Crippen MR) is 51.9 cm³/mol. The van der Waals surface area contributed by atoms with Crippen LogP contribution in [-0.2, 0) is 11.2 Å². The summed E-state index contributed by atoms with van der Waals surface area (Å²) in [5.74, 6) is -1.33. The third-order valence-corrected chi connectivity index (χ3v) is 2.42. The summed E-state index contributed by atoms with van der Waals surface area (Å²) in [6.07, 6.45) is -0.318. The molecule has 0 aliphatic carbocycles. The zero-order valence-corrected chi connectivity index (χ0v) is 8.58. The number of phenolic OH excluding ortho intramolecular Hbond substituents is 1. The van der Waals surface area contributed by atoms with Crippen molar-refractivity contribution < 1.29 is 15.0 Å². The maximum atomic E-state index is 10.5. The van der Waals surface area contributed by atoms with Crippen LogP contribution in [0.15, 0.2) is 16.6 Å². The van der Waals surface area contributed by atoms with E-state index in [4.69, 9.17) is 10.4 Å². The second-order valence-corrected chi connectivity index (χ2v) is 3.46. The summed E-state index contributed by atoms with van der Waals surface area (Å²) in [5, 5.41) is 26.7. The van der Waals surface area contributed by atoms with Crippen molar-refractivity contribution in [2.45, 2.75) is 6.42 Å². The molecule has 72 valence electrons. The number of hydrogen-bond donors (Lipinski definition) is 2. The van der Waals surface area contributed by atoms with Crippen molar-refractivity contribution in [3.63, 3.8) is 0 Å². The molecule has 1 aromatic rings. The molecule has 0 aliphatic heterocycles. The average Bonchev–Trinajstić information content (AvgIpc) is 2.12. The Bertz CT molecular complexity index is 423. The van der Waals surface area contributed by atoms with Gasteiger partial charge in [-0.3, -0.25) is 4.79 Å². The quantitative estimate of drug-likeness (QED) is 0.842. The molecule has 0 aromatic heterocycles. The topological polar surface area (TPSA) is 81.3 Å². The van der Waals surface area contributed by atoms with Crippen LogP contribution in [0.2, 0.25) is 0 Å². The molecular weight excluding hydrogens is 250 g/mol. The number of aliphatic carboxylic acids is 1. The highest BCUT2D eigenvalue weighted by Crippen LogP contribution is 2.29. The summed E-state index contributed by atoms with van der Waals surface area (Å²) in [4.78, 5) is 10.5. The van der Waals surface area contributed by atoms with E-state index in [1.54, 1.807) is 6.07 Å². The highest BCUT2D eigenvalue weighted by molar-refractivity contribution is 9.10. The summed E-state index contributed by atoms with van der Waals surface area (Å²) >= 11 is 3.11. The van der Waals surface area contributed by atoms with E-state index in [-0.39, 0.29) is 23.3 Å². The normalized spacial score (nSPS) is 9.43. The first-order valence-corrected chi connectivity index (χ1v) is 4.47. The lowest BCUT2D eigenvalue weighted by molar-refractivity contribution is -0.136. The second kappa shape index (κ2) is 4.11. The number of carbonyl (C=O) groups is 1. The van der Waals surface area contributed by atoms with Crippen LogP contribution < -0.4 is 0 Å². The minimum absolute atomic E-state index is 0.0736. The minimum atomic E-state index is -1.06. The molecule has 0 saturated carbocycles. The second-order valence-electron chi connectivity index (χ2n) is 2.60. The molecule has 0 bridgehead atoms. The summed E-state index contributed by atoms with van der Waals surface area (Å²) in [7, 11) is 0. The molecule has 0 amide bonds. The zero-order valence-electron chi connectivity index (χ0n) is 6.99. The van der Waals surface area contributed by atoms with E-state index in [0.717, 1.165) is 0 Å². The number of aromatic hydroxyl groups is 1. The predicted octanol–water partition coefficient (Wildman–Crippen LogP) is 1.65. The van der Waals surface area contributed by atoms with Crippen molar-refractivity contribution >= 4 is 21.9 Å². The zero-order chi connectivity index (χ0) is 10.7. The molecular formula is C9H6BrNO3. The van der Waals surface area contributed by atoms with E-state index < -0.39 is 5.97 Å². The third kappa shape index (κ3) is 2.03. The average molecular weight is 256 g/mol. The van der Waals surface area contributed by atoms with Gasteiger partial charge in [0, 0.05) is 10.0 Å². The molecule has 0 heterocycles. The SMILES string of the molecule is N#Cc1ccc(Br)c(CC(=O)O)c1O. The van der Waals surface area contributed by atoms with Gasteiger partial charge in [0.2, 0.25) is 0 Å². The van der Waals surface area contributed by atoms with Crippen molar-refractivity contribution in [1.29, 1.82) is 5.26 Å². The summed E-state index contributed by atoms with van der Waals surface area (Å²) in [6, 6.07) is 4.73. The van der Waals surface area contributed by atoms with E-state index in [2.05, 4.69) is 15.9 Å². The molecule has 1 rings (SSSR count). The van der Waals surface area contributed by atoms with Crippen molar-refractivity contribution in [1.82, 2.24) is 0 Å². The van der Waals surface area contributed by atoms with Crippen LogP contribution in [0.5, 0.6) is 5.75 Å². The van der Waals surface area contributed by atoms with Crippen LogP contribution in [0.3, 0.4) is 0 Å². The van der Waals surface area contributed by atoms with E-state index in [0.29, 0.717) is 4.47 Å². The van der Waals surface area contributed by atoms with Gasteiger partial charge in [-0.2, -0.15) is 5.26 Å². The molecule has 0 unspecified atom stereocenters. The van der Waals surface area contributed by atoms with Gasteiger partial charge in [-0.25, -0.2) is 0 Å². The van der Waals surface area contributed by atoms with Crippen molar-refractivity contribution in [2.75, 3.05) is 0 Å². The number of hydrogen-bond acceptors (Lipinski definition) is 3. The lowest BCUT2D eigenvalue weighted by atomic mass is 10.1. The Kier molecular flexibility index (Phi) is 3.10. The van der Waals surface area contributed by atoms with Gasteiger partial charge in [-0.1, -0.05) is 15.9 Å².